The minimum absolute atomic E-state index is 0.120. The van der Waals surface area contributed by atoms with Gasteiger partial charge in [0.05, 0.1) is 6.61 Å². The van der Waals surface area contributed by atoms with Gasteiger partial charge in [0, 0.05) is 11.2 Å². The van der Waals surface area contributed by atoms with Crippen LogP contribution in [0, 0.1) is 0 Å². The number of benzene rings is 1. The standard InChI is InChI=1S/C17H27N3O2/c1-6-22-13-7-8-15-14(9-13)11(2)10-17(4,5)20(15)12(3)16(21)19-18/h7-9,11-12H,6,10,18H2,1-5H3,(H,19,21)/t11-,12-/m0/s1. The lowest BCUT2D eigenvalue weighted by Crippen LogP contribution is -2.58. The van der Waals surface area contributed by atoms with Crippen molar-refractivity contribution in [3.05, 3.63) is 23.8 Å². The molecule has 2 atom stereocenters. The minimum atomic E-state index is -0.329. The molecule has 5 heteroatoms. The highest BCUT2D eigenvalue weighted by molar-refractivity contribution is 5.85. The monoisotopic (exact) mass is 305 g/mol. The molecule has 1 aromatic rings. The summed E-state index contributed by atoms with van der Waals surface area (Å²) in [6.07, 6.45) is 0.970. The lowest BCUT2D eigenvalue weighted by Gasteiger charge is -2.49. The van der Waals surface area contributed by atoms with E-state index in [2.05, 4.69) is 43.2 Å². The smallest absolute Gasteiger partial charge is 0.256 e. The second-order valence-corrected chi connectivity index (χ2v) is 6.63. The van der Waals surface area contributed by atoms with Crippen molar-refractivity contribution in [1.82, 2.24) is 5.43 Å². The molecule has 122 valence electrons. The lowest BCUT2D eigenvalue weighted by atomic mass is 9.79. The van der Waals surface area contributed by atoms with Crippen LogP contribution in [0.5, 0.6) is 5.75 Å². The van der Waals surface area contributed by atoms with Crippen molar-refractivity contribution < 1.29 is 9.53 Å². The van der Waals surface area contributed by atoms with Crippen LogP contribution in [0.15, 0.2) is 18.2 Å². The number of amides is 1. The molecule has 0 radical (unpaired) electrons. The van der Waals surface area contributed by atoms with Crippen LogP contribution in [0.3, 0.4) is 0 Å². The van der Waals surface area contributed by atoms with Crippen LogP contribution >= 0.6 is 0 Å². The Morgan fingerprint density at radius 2 is 2.23 bits per heavy atom. The number of hydrazine groups is 1. The molecule has 0 bridgehead atoms. The highest BCUT2D eigenvalue weighted by atomic mass is 16.5. The van der Waals surface area contributed by atoms with Gasteiger partial charge in [-0.15, -0.1) is 0 Å². The Labute approximate surface area is 132 Å². The van der Waals surface area contributed by atoms with Gasteiger partial charge in [-0.25, -0.2) is 5.84 Å². The third-order valence-corrected chi connectivity index (χ3v) is 4.47. The molecular weight excluding hydrogens is 278 g/mol. The fourth-order valence-electron chi connectivity index (χ4n) is 3.66. The Kier molecular flexibility index (Phi) is 4.66. The van der Waals surface area contributed by atoms with Crippen molar-refractivity contribution in [1.29, 1.82) is 0 Å². The molecule has 0 fully saturated rings. The summed E-state index contributed by atoms with van der Waals surface area (Å²) in [4.78, 5) is 14.2. The molecule has 1 aromatic carbocycles. The largest absolute Gasteiger partial charge is 0.494 e. The number of hydrogen-bond acceptors (Lipinski definition) is 4. The van der Waals surface area contributed by atoms with E-state index in [9.17, 15) is 4.79 Å². The number of ether oxygens (including phenoxy) is 1. The maximum atomic E-state index is 12.1. The van der Waals surface area contributed by atoms with Crippen molar-refractivity contribution in [3.8, 4) is 5.75 Å². The molecule has 5 nitrogen and oxygen atoms in total. The molecule has 0 aromatic heterocycles. The van der Waals surface area contributed by atoms with Gasteiger partial charge in [0.15, 0.2) is 0 Å². The molecule has 22 heavy (non-hydrogen) atoms. The van der Waals surface area contributed by atoms with Gasteiger partial charge in [-0.2, -0.15) is 0 Å². The molecule has 1 heterocycles. The number of nitrogens with one attached hydrogen (secondary N) is 1. The van der Waals surface area contributed by atoms with Crippen molar-refractivity contribution in [2.24, 2.45) is 5.84 Å². The number of anilines is 1. The molecule has 0 saturated heterocycles. The predicted octanol–water partition coefficient (Wildman–Crippen LogP) is 2.56. The van der Waals surface area contributed by atoms with E-state index in [0.29, 0.717) is 12.5 Å². The first-order valence-corrected chi connectivity index (χ1v) is 7.88. The maximum Gasteiger partial charge on any atom is 0.256 e. The molecule has 0 aliphatic carbocycles. The zero-order valence-corrected chi connectivity index (χ0v) is 14.1. The number of hydrogen-bond donors (Lipinski definition) is 2. The topological polar surface area (TPSA) is 67.6 Å². The fourth-order valence-corrected chi connectivity index (χ4v) is 3.66. The molecule has 3 N–H and O–H groups in total. The Balaban J connectivity index is 2.50. The van der Waals surface area contributed by atoms with E-state index in [4.69, 9.17) is 10.6 Å². The van der Waals surface area contributed by atoms with Crippen molar-refractivity contribution in [2.75, 3.05) is 11.5 Å². The quantitative estimate of drug-likeness (QED) is 0.510. The van der Waals surface area contributed by atoms with Gasteiger partial charge in [0.2, 0.25) is 0 Å². The fraction of sp³-hybridized carbons (Fsp3) is 0.588. The number of carbonyl (C=O) groups excluding carboxylic acids is 1. The highest BCUT2D eigenvalue weighted by Gasteiger charge is 2.40. The SMILES string of the molecule is CCOc1ccc2c(c1)[C@@H](C)CC(C)(C)N2[C@@H](C)C(=O)NN. The predicted molar refractivity (Wildman–Crippen MR) is 89.0 cm³/mol. The lowest BCUT2D eigenvalue weighted by molar-refractivity contribution is -0.122. The van der Waals surface area contributed by atoms with E-state index in [1.807, 2.05) is 19.9 Å². The van der Waals surface area contributed by atoms with Crippen molar-refractivity contribution >= 4 is 11.6 Å². The number of rotatable bonds is 4. The van der Waals surface area contributed by atoms with Crippen LogP contribution in [-0.4, -0.2) is 24.1 Å². The van der Waals surface area contributed by atoms with E-state index in [1.165, 1.54) is 5.56 Å². The first-order chi connectivity index (χ1) is 10.3. The Bertz CT molecular complexity index is 557. The number of nitrogens with zero attached hydrogens (tertiary/aromatic N) is 1. The van der Waals surface area contributed by atoms with Gasteiger partial charge in [0.25, 0.3) is 5.91 Å². The normalized spacial score (nSPS) is 21.0. The Hall–Kier alpha value is -1.75. The summed E-state index contributed by atoms with van der Waals surface area (Å²) in [6, 6.07) is 5.79. The third-order valence-electron chi connectivity index (χ3n) is 4.47. The number of nitrogens with two attached hydrogens (primary N) is 1. The van der Waals surface area contributed by atoms with Crippen LogP contribution in [0.25, 0.3) is 0 Å². The van der Waals surface area contributed by atoms with Crippen LogP contribution in [0.1, 0.15) is 52.5 Å². The van der Waals surface area contributed by atoms with Gasteiger partial charge >= 0.3 is 0 Å². The van der Waals surface area contributed by atoms with Crippen LogP contribution < -0.4 is 20.9 Å². The second kappa shape index (κ2) is 6.16. The summed E-state index contributed by atoms with van der Waals surface area (Å²) in [6.45, 7) is 11.1. The van der Waals surface area contributed by atoms with Gasteiger partial charge in [-0.1, -0.05) is 6.92 Å². The first kappa shape index (κ1) is 16.6. The summed E-state index contributed by atoms with van der Waals surface area (Å²) in [5.74, 6) is 6.44. The average molecular weight is 305 g/mol. The second-order valence-electron chi connectivity index (χ2n) is 6.63. The summed E-state index contributed by atoms with van der Waals surface area (Å²) in [5.41, 5.74) is 4.46. The zero-order chi connectivity index (χ0) is 16.5. The molecule has 1 aliphatic heterocycles. The van der Waals surface area contributed by atoms with E-state index >= 15 is 0 Å². The van der Waals surface area contributed by atoms with Crippen molar-refractivity contribution in [2.45, 2.75) is 58.5 Å². The van der Waals surface area contributed by atoms with Gasteiger partial charge < -0.3 is 9.64 Å². The Morgan fingerprint density at radius 3 is 2.82 bits per heavy atom. The number of carbonyl (C=O) groups is 1. The molecule has 2 rings (SSSR count). The van der Waals surface area contributed by atoms with Gasteiger partial charge in [-0.05, 0) is 63.8 Å². The molecule has 1 amide bonds. The summed E-state index contributed by atoms with van der Waals surface area (Å²) in [5, 5.41) is 0. The van der Waals surface area contributed by atoms with Crippen molar-refractivity contribution in [3.63, 3.8) is 0 Å². The van der Waals surface area contributed by atoms with E-state index in [1.54, 1.807) is 0 Å². The number of fused-ring (bicyclic) bond motifs is 1. The first-order valence-electron chi connectivity index (χ1n) is 7.88. The van der Waals surface area contributed by atoms with Gasteiger partial charge in [-0.3, -0.25) is 10.2 Å². The summed E-state index contributed by atoms with van der Waals surface area (Å²) in [7, 11) is 0. The van der Waals surface area contributed by atoms with Crippen LogP contribution in [0.2, 0.25) is 0 Å². The van der Waals surface area contributed by atoms with Gasteiger partial charge in [0.1, 0.15) is 11.8 Å². The molecule has 0 saturated carbocycles. The Morgan fingerprint density at radius 1 is 1.55 bits per heavy atom. The van der Waals surface area contributed by atoms with Crippen LogP contribution in [0.4, 0.5) is 5.69 Å². The molecule has 0 unspecified atom stereocenters. The average Bonchev–Trinajstić information content (AvgIpc) is 2.46. The van der Waals surface area contributed by atoms with E-state index < -0.39 is 0 Å². The third kappa shape index (κ3) is 2.90. The summed E-state index contributed by atoms with van der Waals surface area (Å²) >= 11 is 0. The van der Waals surface area contributed by atoms with E-state index in [0.717, 1.165) is 17.9 Å². The van der Waals surface area contributed by atoms with Crippen LogP contribution in [-0.2, 0) is 4.79 Å². The molecule has 0 spiro atoms. The minimum Gasteiger partial charge on any atom is -0.494 e. The zero-order valence-electron chi connectivity index (χ0n) is 14.1. The molecular formula is C17H27N3O2. The molecule has 1 aliphatic rings. The maximum absolute atomic E-state index is 12.1. The highest BCUT2D eigenvalue weighted by Crippen LogP contribution is 2.45. The van der Waals surface area contributed by atoms with E-state index in [-0.39, 0.29) is 17.5 Å². The summed E-state index contributed by atoms with van der Waals surface area (Å²) < 4.78 is 5.62.